The van der Waals surface area contributed by atoms with Crippen LogP contribution < -0.4 is 5.32 Å². The molecule has 1 aliphatic heterocycles. The van der Waals surface area contributed by atoms with E-state index >= 15 is 0 Å². The molecule has 1 N–H and O–H groups in total. The molecule has 11 heteroatoms. The quantitative estimate of drug-likeness (QED) is 0.461. The largest absolute Gasteiger partial charge is 0.345 e. The maximum Gasteiger partial charge on any atom is 0.345 e. The zero-order valence-corrected chi connectivity index (χ0v) is 24.8. The van der Waals surface area contributed by atoms with Crippen molar-refractivity contribution in [2.75, 3.05) is 71.9 Å². The first-order valence-electron chi connectivity index (χ1n) is 12.3. The fourth-order valence-corrected chi connectivity index (χ4v) is 6.67. The van der Waals surface area contributed by atoms with Crippen LogP contribution in [-0.2, 0) is 22.7 Å². The van der Waals surface area contributed by atoms with E-state index in [-0.39, 0.29) is 27.1 Å². The number of nitrogens with one attached hydrogen (secondary N) is 1. The zero-order valence-electron chi connectivity index (χ0n) is 23.1. The van der Waals surface area contributed by atoms with Crippen LogP contribution in [0.4, 0.5) is 0 Å². The summed E-state index contributed by atoms with van der Waals surface area (Å²) in [4.78, 5) is 6.77. The molecule has 9 nitrogen and oxygen atoms in total. The Hall–Kier alpha value is 0.0500. The van der Waals surface area contributed by atoms with Gasteiger partial charge in [-0.1, -0.05) is 20.8 Å². The lowest BCUT2D eigenvalue weighted by atomic mass is 9.96. The van der Waals surface area contributed by atoms with Crippen molar-refractivity contribution in [1.29, 1.82) is 0 Å². The van der Waals surface area contributed by atoms with E-state index in [1.165, 1.54) is 0 Å². The molecular formula is C23H50N4O5P2. The summed E-state index contributed by atoms with van der Waals surface area (Å²) in [5.41, 5.74) is -0.964. The first kappa shape index (κ1) is 32.1. The Morgan fingerprint density at radius 3 is 1.71 bits per heavy atom. The van der Waals surface area contributed by atoms with Crippen LogP contribution in [0.25, 0.3) is 0 Å². The predicted molar refractivity (Wildman–Crippen MR) is 140 cm³/mol. The molecule has 0 atom stereocenters. The fourth-order valence-electron chi connectivity index (χ4n) is 3.86. The van der Waals surface area contributed by atoms with Crippen LogP contribution in [0.15, 0.2) is 0 Å². The highest BCUT2D eigenvalue weighted by molar-refractivity contribution is 7.53. The molecule has 0 bridgehead atoms. The molecule has 0 aliphatic carbocycles. The van der Waals surface area contributed by atoms with Crippen LogP contribution in [-0.4, -0.2) is 97.8 Å². The summed E-state index contributed by atoms with van der Waals surface area (Å²) in [7, 11) is -3.71. The molecule has 1 saturated heterocycles. The SMILES string of the molecule is CC(C)(C)CN1CCNCCN(CP(=O)(OC(C)(C)C)OC(C)(C)C)CCN(COP=O)CC1. The first-order valence-corrected chi connectivity index (χ1v) is 14.8. The van der Waals surface area contributed by atoms with Crippen LogP contribution in [0.5, 0.6) is 0 Å². The fraction of sp³-hybridized carbons (Fsp3) is 1.00. The van der Waals surface area contributed by atoms with E-state index in [1.807, 2.05) is 41.5 Å². The normalized spacial score (nSPS) is 20.3. The van der Waals surface area contributed by atoms with Crippen LogP contribution in [0.3, 0.4) is 0 Å². The molecule has 1 aliphatic rings. The van der Waals surface area contributed by atoms with Gasteiger partial charge in [0.15, 0.2) is 0 Å². The third-order valence-corrected chi connectivity index (χ3v) is 7.48. The number of nitrogens with zero attached hydrogens (tertiary/aromatic N) is 3. The molecule has 0 spiro atoms. The minimum absolute atomic E-state index is 0.212. The molecule has 1 fully saturated rings. The van der Waals surface area contributed by atoms with Gasteiger partial charge in [-0.2, -0.15) is 0 Å². The van der Waals surface area contributed by atoms with Crippen molar-refractivity contribution < 1.29 is 22.7 Å². The third-order valence-electron chi connectivity index (χ3n) is 4.86. The van der Waals surface area contributed by atoms with Crippen LogP contribution in [0.2, 0.25) is 0 Å². The second-order valence-electron chi connectivity index (χ2n) is 12.3. The summed E-state index contributed by atoms with van der Waals surface area (Å²) in [6, 6.07) is 0. The van der Waals surface area contributed by atoms with Gasteiger partial charge < -0.3 is 19.3 Å². The Morgan fingerprint density at radius 1 is 0.765 bits per heavy atom. The van der Waals surface area contributed by atoms with Crippen molar-refractivity contribution in [1.82, 2.24) is 20.0 Å². The van der Waals surface area contributed by atoms with E-state index in [0.29, 0.717) is 13.1 Å². The number of rotatable bonds is 8. The van der Waals surface area contributed by atoms with Gasteiger partial charge in [-0.3, -0.25) is 18.9 Å². The van der Waals surface area contributed by atoms with Gasteiger partial charge in [0.1, 0.15) is 13.0 Å². The maximum absolute atomic E-state index is 13.8. The van der Waals surface area contributed by atoms with Crippen LogP contribution >= 0.6 is 16.3 Å². The Kier molecular flexibility index (Phi) is 13.3. The minimum atomic E-state index is -3.39. The van der Waals surface area contributed by atoms with Crippen LogP contribution in [0.1, 0.15) is 62.3 Å². The Bertz CT molecular complexity index is 627. The molecule has 0 radical (unpaired) electrons. The minimum Gasteiger partial charge on any atom is -0.314 e. The summed E-state index contributed by atoms with van der Waals surface area (Å²) in [6.07, 6.45) is 0.216. The van der Waals surface area contributed by atoms with Crippen molar-refractivity contribution in [3.05, 3.63) is 0 Å². The van der Waals surface area contributed by atoms with E-state index in [9.17, 15) is 9.13 Å². The highest BCUT2D eigenvalue weighted by Crippen LogP contribution is 2.54. The van der Waals surface area contributed by atoms with Gasteiger partial charge in [0.05, 0.1) is 11.2 Å². The smallest absolute Gasteiger partial charge is 0.314 e. The van der Waals surface area contributed by atoms with Gasteiger partial charge in [-0.05, 0) is 47.0 Å². The molecular weight excluding hydrogens is 474 g/mol. The molecule has 0 aromatic carbocycles. The predicted octanol–water partition coefficient (Wildman–Crippen LogP) is 4.50. The lowest BCUT2D eigenvalue weighted by Crippen LogP contribution is -2.47. The molecule has 1 rings (SSSR count). The standard InChI is InChI=1S/C23H50N4O5P2/c1-21(2,3)18-25-12-10-24-11-13-27(17-16-26(15-14-25)19-30-33-28)20-34(29,31-22(4,5)6)32-23(7,8)9/h24H,10-20H2,1-9H3. The van der Waals surface area contributed by atoms with Gasteiger partial charge in [0.25, 0.3) is 0 Å². The molecule has 0 aromatic heterocycles. The molecule has 0 saturated carbocycles. The summed E-state index contributed by atoms with van der Waals surface area (Å²) < 4.78 is 42.0. The summed E-state index contributed by atoms with van der Waals surface area (Å²) in [6.45, 7) is 25.8. The summed E-state index contributed by atoms with van der Waals surface area (Å²) in [5.74, 6) is 0. The van der Waals surface area contributed by atoms with Crippen molar-refractivity contribution >= 4 is 16.3 Å². The first-order chi connectivity index (χ1) is 15.5. The molecule has 34 heavy (non-hydrogen) atoms. The zero-order chi connectivity index (χ0) is 26.0. The average Bonchev–Trinajstić information content (AvgIpc) is 2.60. The topological polar surface area (TPSA) is 83.6 Å². The van der Waals surface area contributed by atoms with E-state index in [4.69, 9.17) is 13.6 Å². The Morgan fingerprint density at radius 2 is 1.24 bits per heavy atom. The highest BCUT2D eigenvalue weighted by Gasteiger charge is 2.37. The Balaban J connectivity index is 2.97. The summed E-state index contributed by atoms with van der Waals surface area (Å²) in [5, 5.41) is 3.54. The van der Waals surface area contributed by atoms with Crippen molar-refractivity contribution in [3.63, 3.8) is 0 Å². The lowest BCUT2D eigenvalue weighted by Gasteiger charge is -2.36. The van der Waals surface area contributed by atoms with Gasteiger partial charge in [-0.25, -0.2) is 4.57 Å². The van der Waals surface area contributed by atoms with E-state index in [0.717, 1.165) is 45.8 Å². The highest BCUT2D eigenvalue weighted by atomic mass is 31.2. The monoisotopic (exact) mass is 524 g/mol. The second-order valence-corrected chi connectivity index (χ2v) is 14.6. The number of hydrogen-bond donors (Lipinski definition) is 1. The molecule has 0 amide bonds. The van der Waals surface area contributed by atoms with E-state index < -0.39 is 18.8 Å². The molecule has 0 aromatic rings. The van der Waals surface area contributed by atoms with E-state index in [2.05, 4.69) is 40.8 Å². The maximum atomic E-state index is 13.8. The number of hydrogen-bond acceptors (Lipinski definition) is 9. The third kappa shape index (κ3) is 15.9. The van der Waals surface area contributed by atoms with Crippen molar-refractivity contribution in [2.24, 2.45) is 5.41 Å². The molecule has 1 heterocycles. The van der Waals surface area contributed by atoms with E-state index in [1.54, 1.807) is 0 Å². The van der Waals surface area contributed by atoms with Crippen LogP contribution in [0, 0.1) is 5.41 Å². The molecule has 202 valence electrons. The van der Waals surface area contributed by atoms with Gasteiger partial charge in [0, 0.05) is 58.9 Å². The van der Waals surface area contributed by atoms with Gasteiger partial charge in [-0.15, -0.1) is 0 Å². The Labute approximate surface area is 210 Å². The summed E-state index contributed by atoms with van der Waals surface area (Å²) >= 11 is 0. The average molecular weight is 525 g/mol. The lowest BCUT2D eigenvalue weighted by molar-refractivity contribution is 0.0416. The molecule has 0 unspecified atom stereocenters. The van der Waals surface area contributed by atoms with Gasteiger partial charge >= 0.3 is 16.3 Å². The van der Waals surface area contributed by atoms with Crippen molar-refractivity contribution in [2.45, 2.75) is 73.5 Å². The second kappa shape index (κ2) is 14.1. The van der Waals surface area contributed by atoms with Crippen molar-refractivity contribution in [3.8, 4) is 0 Å². The van der Waals surface area contributed by atoms with Gasteiger partial charge in [0.2, 0.25) is 0 Å².